The van der Waals surface area contributed by atoms with Gasteiger partial charge in [-0.15, -0.1) is 0 Å². The SMILES string of the molecule is O=C(O)c1ccc(C(=O)O)c2c1CC1(CCCCC1)C2. The van der Waals surface area contributed by atoms with E-state index in [2.05, 4.69) is 0 Å². The van der Waals surface area contributed by atoms with Crippen LogP contribution in [0.25, 0.3) is 0 Å². The molecule has 0 aromatic heterocycles. The van der Waals surface area contributed by atoms with Crippen molar-refractivity contribution in [2.24, 2.45) is 5.41 Å². The summed E-state index contributed by atoms with van der Waals surface area (Å²) in [5, 5.41) is 18.6. The zero-order valence-corrected chi connectivity index (χ0v) is 11.3. The Kier molecular flexibility index (Phi) is 3.04. The average molecular weight is 274 g/mol. The molecule has 106 valence electrons. The molecule has 2 aliphatic carbocycles. The first kappa shape index (κ1) is 13.2. The van der Waals surface area contributed by atoms with Gasteiger partial charge >= 0.3 is 11.9 Å². The lowest BCUT2D eigenvalue weighted by Gasteiger charge is -2.33. The predicted molar refractivity (Wildman–Crippen MR) is 73.3 cm³/mol. The van der Waals surface area contributed by atoms with Crippen LogP contribution in [-0.4, -0.2) is 22.2 Å². The normalized spacial score (nSPS) is 19.8. The Balaban J connectivity index is 2.09. The van der Waals surface area contributed by atoms with Gasteiger partial charge in [0, 0.05) is 0 Å². The number of rotatable bonds is 2. The van der Waals surface area contributed by atoms with Crippen LogP contribution < -0.4 is 0 Å². The van der Waals surface area contributed by atoms with Crippen LogP contribution in [0.3, 0.4) is 0 Å². The minimum atomic E-state index is -0.953. The molecule has 0 aliphatic heterocycles. The lowest BCUT2D eigenvalue weighted by Crippen LogP contribution is -2.24. The first-order valence-corrected chi connectivity index (χ1v) is 7.14. The molecule has 1 fully saturated rings. The molecular formula is C16H18O4. The van der Waals surface area contributed by atoms with Gasteiger partial charge in [0.2, 0.25) is 0 Å². The van der Waals surface area contributed by atoms with Crippen molar-refractivity contribution in [3.05, 3.63) is 34.4 Å². The van der Waals surface area contributed by atoms with Crippen LogP contribution in [0, 0.1) is 5.41 Å². The van der Waals surface area contributed by atoms with Gasteiger partial charge in [-0.1, -0.05) is 19.3 Å². The summed E-state index contributed by atoms with van der Waals surface area (Å²) in [6.45, 7) is 0. The van der Waals surface area contributed by atoms with Crippen LogP contribution in [0.5, 0.6) is 0 Å². The summed E-state index contributed by atoms with van der Waals surface area (Å²) >= 11 is 0. The van der Waals surface area contributed by atoms with Crippen molar-refractivity contribution in [3.8, 4) is 0 Å². The van der Waals surface area contributed by atoms with Crippen molar-refractivity contribution in [1.82, 2.24) is 0 Å². The zero-order chi connectivity index (χ0) is 14.3. The van der Waals surface area contributed by atoms with Crippen LogP contribution in [-0.2, 0) is 12.8 Å². The number of benzene rings is 1. The fourth-order valence-corrected chi connectivity index (χ4v) is 3.97. The monoisotopic (exact) mass is 274 g/mol. The number of aromatic carboxylic acids is 2. The standard InChI is InChI=1S/C16H18O4/c17-14(18)10-4-5-11(15(19)20)13-9-16(8-12(10)13)6-2-1-3-7-16/h4-5H,1-3,6-9H2,(H,17,18)(H,19,20). The smallest absolute Gasteiger partial charge is 0.335 e. The summed E-state index contributed by atoms with van der Waals surface area (Å²) in [7, 11) is 0. The van der Waals surface area contributed by atoms with Gasteiger partial charge in [-0.05, 0) is 54.4 Å². The Morgan fingerprint density at radius 1 is 0.850 bits per heavy atom. The van der Waals surface area contributed by atoms with E-state index >= 15 is 0 Å². The third kappa shape index (κ3) is 1.99. The Hall–Kier alpha value is -1.84. The molecule has 0 saturated heterocycles. The van der Waals surface area contributed by atoms with Gasteiger partial charge in [0.05, 0.1) is 11.1 Å². The van der Waals surface area contributed by atoms with E-state index in [4.69, 9.17) is 0 Å². The minimum Gasteiger partial charge on any atom is -0.478 e. The van der Waals surface area contributed by atoms with Crippen molar-refractivity contribution < 1.29 is 19.8 Å². The Labute approximate surface area is 117 Å². The molecule has 2 aliphatic rings. The van der Waals surface area contributed by atoms with Gasteiger partial charge in [-0.3, -0.25) is 0 Å². The van der Waals surface area contributed by atoms with E-state index in [9.17, 15) is 19.8 Å². The number of fused-ring (bicyclic) bond motifs is 1. The molecule has 0 radical (unpaired) electrons. The molecule has 0 amide bonds. The number of hydrogen-bond acceptors (Lipinski definition) is 2. The highest BCUT2D eigenvalue weighted by Gasteiger charge is 2.41. The molecule has 2 N–H and O–H groups in total. The Morgan fingerprint density at radius 3 is 1.70 bits per heavy atom. The molecule has 20 heavy (non-hydrogen) atoms. The molecule has 0 atom stereocenters. The quantitative estimate of drug-likeness (QED) is 0.868. The summed E-state index contributed by atoms with van der Waals surface area (Å²) in [5.74, 6) is -1.91. The number of carboxylic acid groups (broad SMARTS) is 2. The first-order valence-electron chi connectivity index (χ1n) is 7.14. The molecule has 1 aromatic rings. The van der Waals surface area contributed by atoms with E-state index in [1.807, 2.05) is 0 Å². The number of carboxylic acids is 2. The molecule has 1 aromatic carbocycles. The molecular weight excluding hydrogens is 256 g/mol. The number of carbonyl (C=O) groups is 2. The van der Waals surface area contributed by atoms with Crippen LogP contribution in [0.15, 0.2) is 12.1 Å². The molecule has 4 heteroatoms. The maximum absolute atomic E-state index is 11.4. The van der Waals surface area contributed by atoms with E-state index in [-0.39, 0.29) is 16.5 Å². The summed E-state index contributed by atoms with van der Waals surface area (Å²) in [5.41, 5.74) is 2.20. The van der Waals surface area contributed by atoms with E-state index in [0.717, 1.165) is 36.8 Å². The van der Waals surface area contributed by atoms with Gasteiger partial charge in [0.1, 0.15) is 0 Å². The zero-order valence-electron chi connectivity index (χ0n) is 11.3. The van der Waals surface area contributed by atoms with Gasteiger partial charge in [0.25, 0.3) is 0 Å². The predicted octanol–water partition coefficient (Wildman–Crippen LogP) is 3.13. The molecule has 1 spiro atoms. The highest BCUT2D eigenvalue weighted by Crippen LogP contribution is 2.49. The van der Waals surface area contributed by atoms with Crippen LogP contribution in [0.4, 0.5) is 0 Å². The maximum atomic E-state index is 11.4. The second kappa shape index (κ2) is 4.62. The fourth-order valence-electron chi connectivity index (χ4n) is 3.97. The minimum absolute atomic E-state index is 0.107. The molecule has 0 bridgehead atoms. The Morgan fingerprint density at radius 2 is 1.30 bits per heavy atom. The molecule has 3 rings (SSSR count). The van der Waals surface area contributed by atoms with Gasteiger partial charge in [0.15, 0.2) is 0 Å². The highest BCUT2D eigenvalue weighted by molar-refractivity contribution is 5.95. The topological polar surface area (TPSA) is 74.6 Å². The summed E-state index contributed by atoms with van der Waals surface area (Å²) in [4.78, 5) is 22.7. The largest absolute Gasteiger partial charge is 0.478 e. The molecule has 4 nitrogen and oxygen atoms in total. The lowest BCUT2D eigenvalue weighted by molar-refractivity contribution is 0.0679. The molecule has 0 heterocycles. The highest BCUT2D eigenvalue weighted by atomic mass is 16.4. The maximum Gasteiger partial charge on any atom is 0.335 e. The Bertz CT molecular complexity index is 537. The van der Waals surface area contributed by atoms with Crippen molar-refractivity contribution >= 4 is 11.9 Å². The first-order chi connectivity index (χ1) is 9.52. The average Bonchev–Trinajstić information content (AvgIpc) is 2.75. The van der Waals surface area contributed by atoms with Crippen molar-refractivity contribution in [2.75, 3.05) is 0 Å². The summed E-state index contributed by atoms with van der Waals surface area (Å²) in [6.07, 6.45) is 7.18. The molecule has 1 saturated carbocycles. The fraction of sp³-hybridized carbons (Fsp3) is 0.500. The third-order valence-corrected chi connectivity index (χ3v) is 4.91. The lowest BCUT2D eigenvalue weighted by atomic mass is 9.72. The van der Waals surface area contributed by atoms with Crippen molar-refractivity contribution in [2.45, 2.75) is 44.9 Å². The summed E-state index contributed by atoms with van der Waals surface area (Å²) < 4.78 is 0. The van der Waals surface area contributed by atoms with Gasteiger partial charge in [-0.25, -0.2) is 9.59 Å². The number of hydrogen-bond donors (Lipinski definition) is 2. The second-order valence-electron chi connectivity index (χ2n) is 6.14. The van der Waals surface area contributed by atoms with Crippen molar-refractivity contribution in [3.63, 3.8) is 0 Å². The second-order valence-corrected chi connectivity index (χ2v) is 6.14. The van der Waals surface area contributed by atoms with Gasteiger partial charge < -0.3 is 10.2 Å². The van der Waals surface area contributed by atoms with E-state index < -0.39 is 11.9 Å². The van der Waals surface area contributed by atoms with Crippen LogP contribution in [0.1, 0.15) is 63.9 Å². The van der Waals surface area contributed by atoms with Crippen LogP contribution in [0.2, 0.25) is 0 Å². The summed E-state index contributed by atoms with van der Waals surface area (Å²) in [6, 6.07) is 2.90. The third-order valence-electron chi connectivity index (χ3n) is 4.91. The van der Waals surface area contributed by atoms with E-state index in [1.54, 1.807) is 0 Å². The van der Waals surface area contributed by atoms with Crippen molar-refractivity contribution in [1.29, 1.82) is 0 Å². The van der Waals surface area contributed by atoms with E-state index in [1.165, 1.54) is 31.4 Å². The van der Waals surface area contributed by atoms with Gasteiger partial charge in [-0.2, -0.15) is 0 Å². The van der Waals surface area contributed by atoms with Crippen LogP contribution >= 0.6 is 0 Å². The molecule has 0 unspecified atom stereocenters. The van der Waals surface area contributed by atoms with E-state index in [0.29, 0.717) is 0 Å².